The SMILES string of the molecule is CCOc1ccccc1CCC(=O)OCC(=O)Nc1c(C)cc(C)cc1C. The molecule has 0 aliphatic heterocycles. The second-order valence-corrected chi connectivity index (χ2v) is 6.52. The summed E-state index contributed by atoms with van der Waals surface area (Å²) in [6.45, 7) is 8.09. The van der Waals surface area contributed by atoms with E-state index in [1.165, 1.54) is 0 Å². The van der Waals surface area contributed by atoms with Gasteiger partial charge in [0.15, 0.2) is 6.61 Å². The maximum Gasteiger partial charge on any atom is 0.306 e. The van der Waals surface area contributed by atoms with Crippen molar-refractivity contribution >= 4 is 17.6 Å². The number of ether oxygens (including phenoxy) is 2. The van der Waals surface area contributed by atoms with Gasteiger partial charge in [0.25, 0.3) is 5.91 Å². The van der Waals surface area contributed by atoms with E-state index in [2.05, 4.69) is 5.32 Å². The van der Waals surface area contributed by atoms with Gasteiger partial charge in [0.1, 0.15) is 5.75 Å². The monoisotopic (exact) mass is 369 g/mol. The van der Waals surface area contributed by atoms with Crippen LogP contribution in [-0.4, -0.2) is 25.1 Å². The highest BCUT2D eigenvalue weighted by atomic mass is 16.5. The number of anilines is 1. The third-order valence-corrected chi connectivity index (χ3v) is 4.18. The second-order valence-electron chi connectivity index (χ2n) is 6.52. The lowest BCUT2D eigenvalue weighted by Gasteiger charge is -2.13. The third kappa shape index (κ3) is 6.13. The Morgan fingerprint density at radius 3 is 2.37 bits per heavy atom. The predicted octanol–water partition coefficient (Wildman–Crippen LogP) is 4.13. The Balaban J connectivity index is 1.83. The summed E-state index contributed by atoms with van der Waals surface area (Å²) >= 11 is 0. The molecule has 0 fully saturated rings. The van der Waals surface area contributed by atoms with Gasteiger partial charge in [0.2, 0.25) is 0 Å². The number of rotatable bonds is 8. The highest BCUT2D eigenvalue weighted by Gasteiger charge is 2.12. The third-order valence-electron chi connectivity index (χ3n) is 4.18. The fraction of sp³-hybridized carbons (Fsp3) is 0.364. The fourth-order valence-corrected chi connectivity index (χ4v) is 3.01. The Kier molecular flexibility index (Phi) is 7.41. The number of benzene rings is 2. The van der Waals surface area contributed by atoms with E-state index in [0.717, 1.165) is 33.7 Å². The van der Waals surface area contributed by atoms with Crippen molar-refractivity contribution in [2.24, 2.45) is 0 Å². The van der Waals surface area contributed by atoms with Crippen molar-refractivity contribution in [1.82, 2.24) is 0 Å². The average molecular weight is 369 g/mol. The molecule has 1 amide bonds. The van der Waals surface area contributed by atoms with Gasteiger partial charge in [0.05, 0.1) is 6.61 Å². The van der Waals surface area contributed by atoms with Gasteiger partial charge >= 0.3 is 5.97 Å². The van der Waals surface area contributed by atoms with Crippen LogP contribution >= 0.6 is 0 Å². The molecule has 2 aromatic rings. The van der Waals surface area contributed by atoms with Gasteiger partial charge in [-0.15, -0.1) is 0 Å². The summed E-state index contributed by atoms with van der Waals surface area (Å²) in [5.41, 5.74) is 4.83. The van der Waals surface area contributed by atoms with Crippen LogP contribution in [0.5, 0.6) is 5.75 Å². The van der Waals surface area contributed by atoms with Gasteiger partial charge in [-0.1, -0.05) is 35.9 Å². The van der Waals surface area contributed by atoms with E-state index in [1.54, 1.807) is 0 Å². The quantitative estimate of drug-likeness (QED) is 0.711. The number of esters is 1. The van der Waals surface area contributed by atoms with Crippen molar-refractivity contribution in [3.8, 4) is 5.75 Å². The summed E-state index contributed by atoms with van der Waals surface area (Å²) < 4.78 is 10.7. The zero-order valence-electron chi connectivity index (χ0n) is 16.4. The Hall–Kier alpha value is -2.82. The normalized spacial score (nSPS) is 10.4. The molecule has 0 unspecified atom stereocenters. The molecule has 5 nitrogen and oxygen atoms in total. The number of aryl methyl sites for hydroxylation is 4. The van der Waals surface area contributed by atoms with Crippen LogP contribution in [0.25, 0.3) is 0 Å². The Labute approximate surface area is 160 Å². The average Bonchev–Trinajstić information content (AvgIpc) is 2.62. The number of carbonyl (C=O) groups is 2. The summed E-state index contributed by atoms with van der Waals surface area (Å²) in [5, 5.41) is 2.82. The van der Waals surface area contributed by atoms with E-state index in [0.29, 0.717) is 13.0 Å². The smallest absolute Gasteiger partial charge is 0.306 e. The molecule has 0 aliphatic rings. The number of hydrogen-bond acceptors (Lipinski definition) is 4. The highest BCUT2D eigenvalue weighted by Crippen LogP contribution is 2.22. The van der Waals surface area contributed by atoms with Gasteiger partial charge in [-0.25, -0.2) is 0 Å². The predicted molar refractivity (Wildman–Crippen MR) is 106 cm³/mol. The first-order chi connectivity index (χ1) is 12.9. The zero-order valence-corrected chi connectivity index (χ0v) is 16.4. The summed E-state index contributed by atoms with van der Waals surface area (Å²) in [7, 11) is 0. The van der Waals surface area contributed by atoms with Crippen LogP contribution in [-0.2, 0) is 20.7 Å². The van der Waals surface area contributed by atoms with Gasteiger partial charge in [0, 0.05) is 12.1 Å². The maximum atomic E-state index is 12.1. The molecule has 0 aromatic heterocycles. The van der Waals surface area contributed by atoms with Crippen molar-refractivity contribution in [2.45, 2.75) is 40.5 Å². The number of carbonyl (C=O) groups excluding carboxylic acids is 2. The van der Waals surface area contributed by atoms with E-state index in [4.69, 9.17) is 9.47 Å². The number of hydrogen-bond donors (Lipinski definition) is 1. The second kappa shape index (κ2) is 9.76. The van der Waals surface area contributed by atoms with Crippen LogP contribution < -0.4 is 10.1 Å². The van der Waals surface area contributed by atoms with Crippen molar-refractivity contribution in [2.75, 3.05) is 18.5 Å². The van der Waals surface area contributed by atoms with Gasteiger partial charge in [-0.2, -0.15) is 0 Å². The van der Waals surface area contributed by atoms with Gasteiger partial charge < -0.3 is 14.8 Å². The molecular formula is C22H27NO4. The number of nitrogens with one attached hydrogen (secondary N) is 1. The highest BCUT2D eigenvalue weighted by molar-refractivity contribution is 5.94. The summed E-state index contributed by atoms with van der Waals surface area (Å²) in [6.07, 6.45) is 0.701. The molecule has 0 spiro atoms. The Morgan fingerprint density at radius 1 is 1.04 bits per heavy atom. The van der Waals surface area contributed by atoms with E-state index >= 15 is 0 Å². The maximum absolute atomic E-state index is 12.1. The van der Waals surface area contributed by atoms with Crippen molar-refractivity contribution in [3.63, 3.8) is 0 Å². The number of para-hydroxylation sites is 1. The molecule has 2 rings (SSSR count). The largest absolute Gasteiger partial charge is 0.494 e. The summed E-state index contributed by atoms with van der Waals surface area (Å²) in [6, 6.07) is 11.6. The molecule has 0 atom stereocenters. The fourth-order valence-electron chi connectivity index (χ4n) is 3.01. The first-order valence-electron chi connectivity index (χ1n) is 9.14. The van der Waals surface area contributed by atoms with E-state index in [-0.39, 0.29) is 18.9 Å². The van der Waals surface area contributed by atoms with E-state index in [1.807, 2.05) is 64.1 Å². The first kappa shape index (κ1) is 20.5. The lowest BCUT2D eigenvalue weighted by atomic mass is 10.1. The van der Waals surface area contributed by atoms with Crippen LogP contribution in [0.15, 0.2) is 36.4 Å². The molecule has 1 N–H and O–H groups in total. The van der Waals surface area contributed by atoms with E-state index < -0.39 is 5.97 Å². The molecule has 2 aromatic carbocycles. The molecule has 0 bridgehead atoms. The van der Waals surface area contributed by atoms with Crippen LogP contribution in [0, 0.1) is 20.8 Å². The van der Waals surface area contributed by atoms with Crippen molar-refractivity contribution < 1.29 is 19.1 Å². The zero-order chi connectivity index (χ0) is 19.8. The number of amides is 1. The van der Waals surface area contributed by atoms with Crippen molar-refractivity contribution in [3.05, 3.63) is 58.7 Å². The first-order valence-corrected chi connectivity index (χ1v) is 9.14. The molecule has 5 heteroatoms. The van der Waals surface area contributed by atoms with Crippen molar-refractivity contribution in [1.29, 1.82) is 0 Å². The van der Waals surface area contributed by atoms with Crippen LogP contribution in [0.2, 0.25) is 0 Å². The van der Waals surface area contributed by atoms with E-state index in [9.17, 15) is 9.59 Å². The van der Waals surface area contributed by atoms with Gasteiger partial charge in [-0.05, 0) is 56.9 Å². The van der Waals surface area contributed by atoms with Crippen LogP contribution in [0.1, 0.15) is 35.6 Å². The van der Waals surface area contributed by atoms with Gasteiger partial charge in [-0.3, -0.25) is 9.59 Å². The molecule has 144 valence electrons. The minimum atomic E-state index is -0.409. The molecule has 0 saturated heterocycles. The lowest BCUT2D eigenvalue weighted by molar-refractivity contribution is -0.147. The Morgan fingerprint density at radius 2 is 1.70 bits per heavy atom. The minimum absolute atomic E-state index is 0.194. The molecule has 27 heavy (non-hydrogen) atoms. The summed E-state index contributed by atoms with van der Waals surface area (Å²) in [5.74, 6) is 0.0257. The van der Waals surface area contributed by atoms with Crippen LogP contribution in [0.3, 0.4) is 0 Å². The standard InChI is InChI=1S/C22H27NO4/c1-5-26-19-9-7-6-8-18(19)10-11-21(25)27-14-20(24)23-22-16(3)12-15(2)13-17(22)4/h6-9,12-13H,5,10-11,14H2,1-4H3,(H,23,24). The molecule has 0 aliphatic carbocycles. The summed E-state index contributed by atoms with van der Waals surface area (Å²) in [4.78, 5) is 24.1. The molecule has 0 radical (unpaired) electrons. The minimum Gasteiger partial charge on any atom is -0.494 e. The molecule has 0 heterocycles. The lowest BCUT2D eigenvalue weighted by Crippen LogP contribution is -2.22. The molecule has 0 saturated carbocycles. The molecular weight excluding hydrogens is 342 g/mol. The Bertz CT molecular complexity index is 791. The topological polar surface area (TPSA) is 64.6 Å². The van der Waals surface area contributed by atoms with Crippen LogP contribution in [0.4, 0.5) is 5.69 Å².